The summed E-state index contributed by atoms with van der Waals surface area (Å²) in [4.78, 5) is 6.96. The Morgan fingerprint density at radius 1 is 1.15 bits per heavy atom. The average molecular weight is 268 g/mol. The maximum Gasteiger partial charge on any atom is 0.129 e. The topological polar surface area (TPSA) is 36.4 Å². The second-order valence-corrected chi connectivity index (χ2v) is 5.46. The van der Waals surface area contributed by atoms with Crippen LogP contribution >= 0.6 is 0 Å². The summed E-state index contributed by atoms with van der Waals surface area (Å²) in [6.07, 6.45) is 0.605. The van der Waals surface area contributed by atoms with Crippen LogP contribution in [0.5, 0.6) is 0 Å². The van der Waals surface area contributed by atoms with Gasteiger partial charge in [-0.2, -0.15) is 0 Å². The van der Waals surface area contributed by atoms with Crippen LogP contribution in [0.4, 0.5) is 5.82 Å². The number of fused-ring (bicyclic) bond motifs is 1. The summed E-state index contributed by atoms with van der Waals surface area (Å²) in [6, 6.07) is 12.6. The number of pyridine rings is 1. The molecule has 0 aliphatic carbocycles. The summed E-state index contributed by atoms with van der Waals surface area (Å²) in [7, 11) is 0. The van der Waals surface area contributed by atoms with Crippen molar-refractivity contribution in [2.24, 2.45) is 0 Å². The van der Waals surface area contributed by atoms with Crippen LogP contribution in [0.15, 0.2) is 36.4 Å². The van der Waals surface area contributed by atoms with E-state index in [-0.39, 0.29) is 0 Å². The predicted molar refractivity (Wildman–Crippen MR) is 80.8 cm³/mol. The van der Waals surface area contributed by atoms with E-state index in [1.807, 2.05) is 19.1 Å². The van der Waals surface area contributed by atoms with Gasteiger partial charge in [-0.05, 0) is 37.5 Å². The van der Waals surface area contributed by atoms with E-state index in [0.29, 0.717) is 0 Å². The number of anilines is 1. The van der Waals surface area contributed by atoms with Gasteiger partial charge in [-0.1, -0.05) is 30.3 Å². The Kier molecular flexibility index (Phi) is 3.45. The Labute approximate surface area is 119 Å². The second-order valence-electron chi connectivity index (χ2n) is 5.46. The van der Waals surface area contributed by atoms with Crippen LogP contribution in [-0.2, 0) is 13.0 Å². The Bertz CT molecular complexity index is 622. The molecule has 0 amide bonds. The van der Waals surface area contributed by atoms with Crippen molar-refractivity contribution in [2.75, 3.05) is 11.4 Å². The standard InChI is InChI=1S/C17H20N2O/c1-12-16(13(2)20)7-8-17(18-12)19-10-9-14-5-3-4-6-15(14)11-19/h3-8,13,20H,9-11H2,1-2H3. The highest BCUT2D eigenvalue weighted by Crippen LogP contribution is 2.25. The van der Waals surface area contributed by atoms with Gasteiger partial charge in [0.1, 0.15) is 5.82 Å². The molecule has 1 N–H and O–H groups in total. The molecule has 1 aliphatic heterocycles. The number of rotatable bonds is 2. The van der Waals surface area contributed by atoms with Gasteiger partial charge < -0.3 is 10.0 Å². The van der Waals surface area contributed by atoms with E-state index in [1.165, 1.54) is 11.1 Å². The Morgan fingerprint density at radius 3 is 2.60 bits per heavy atom. The minimum atomic E-state index is -0.460. The van der Waals surface area contributed by atoms with Gasteiger partial charge in [0.05, 0.1) is 6.10 Å². The lowest BCUT2D eigenvalue weighted by molar-refractivity contribution is 0.198. The Morgan fingerprint density at radius 2 is 1.90 bits per heavy atom. The van der Waals surface area contributed by atoms with Crippen LogP contribution < -0.4 is 4.90 Å². The van der Waals surface area contributed by atoms with Gasteiger partial charge in [0, 0.05) is 24.3 Å². The largest absolute Gasteiger partial charge is 0.389 e. The van der Waals surface area contributed by atoms with Crippen molar-refractivity contribution in [3.05, 3.63) is 58.8 Å². The minimum Gasteiger partial charge on any atom is -0.389 e. The highest BCUT2D eigenvalue weighted by Gasteiger charge is 2.18. The van der Waals surface area contributed by atoms with Crippen molar-refractivity contribution < 1.29 is 5.11 Å². The van der Waals surface area contributed by atoms with Gasteiger partial charge in [0.2, 0.25) is 0 Å². The molecular formula is C17H20N2O. The average Bonchev–Trinajstić information content (AvgIpc) is 2.46. The monoisotopic (exact) mass is 268 g/mol. The molecule has 0 fully saturated rings. The normalized spacial score (nSPS) is 15.8. The summed E-state index contributed by atoms with van der Waals surface area (Å²) in [5, 5.41) is 9.68. The molecule has 0 radical (unpaired) electrons. The lowest BCUT2D eigenvalue weighted by atomic mass is 10.00. The summed E-state index contributed by atoms with van der Waals surface area (Å²) in [5.74, 6) is 1.00. The summed E-state index contributed by atoms with van der Waals surface area (Å²) >= 11 is 0. The highest BCUT2D eigenvalue weighted by atomic mass is 16.3. The van der Waals surface area contributed by atoms with Gasteiger partial charge >= 0.3 is 0 Å². The quantitative estimate of drug-likeness (QED) is 0.909. The van der Waals surface area contributed by atoms with Crippen LogP contribution in [0.3, 0.4) is 0 Å². The summed E-state index contributed by atoms with van der Waals surface area (Å²) < 4.78 is 0. The number of aryl methyl sites for hydroxylation is 1. The van der Waals surface area contributed by atoms with E-state index in [0.717, 1.165) is 36.6 Å². The van der Waals surface area contributed by atoms with Gasteiger partial charge in [-0.3, -0.25) is 0 Å². The zero-order chi connectivity index (χ0) is 14.1. The summed E-state index contributed by atoms with van der Waals surface area (Å²) in [6.45, 7) is 5.65. The first-order valence-electron chi connectivity index (χ1n) is 7.12. The molecule has 0 spiro atoms. The van der Waals surface area contributed by atoms with Crippen molar-refractivity contribution in [2.45, 2.75) is 32.9 Å². The molecule has 3 heteroatoms. The fourth-order valence-corrected chi connectivity index (χ4v) is 2.87. The molecule has 1 aromatic carbocycles. The third-order valence-electron chi connectivity index (χ3n) is 4.02. The highest BCUT2D eigenvalue weighted by molar-refractivity contribution is 5.46. The van der Waals surface area contributed by atoms with E-state index >= 15 is 0 Å². The van der Waals surface area contributed by atoms with Gasteiger partial charge in [0.15, 0.2) is 0 Å². The number of aliphatic hydroxyl groups is 1. The van der Waals surface area contributed by atoms with E-state index in [4.69, 9.17) is 0 Å². The van der Waals surface area contributed by atoms with Gasteiger partial charge in [-0.15, -0.1) is 0 Å². The molecule has 0 saturated carbocycles. The van der Waals surface area contributed by atoms with Crippen molar-refractivity contribution >= 4 is 5.82 Å². The first-order chi connectivity index (χ1) is 9.65. The van der Waals surface area contributed by atoms with Crippen molar-refractivity contribution in [3.63, 3.8) is 0 Å². The van der Waals surface area contributed by atoms with Gasteiger partial charge in [0.25, 0.3) is 0 Å². The number of aliphatic hydroxyl groups excluding tert-OH is 1. The molecule has 0 bridgehead atoms. The fraction of sp³-hybridized carbons (Fsp3) is 0.353. The number of nitrogens with zero attached hydrogens (tertiary/aromatic N) is 2. The molecule has 104 valence electrons. The first kappa shape index (κ1) is 13.1. The molecule has 3 nitrogen and oxygen atoms in total. The third-order valence-corrected chi connectivity index (χ3v) is 4.02. The summed E-state index contributed by atoms with van der Waals surface area (Å²) in [5.41, 5.74) is 4.65. The molecule has 1 aliphatic rings. The molecule has 1 unspecified atom stereocenters. The molecule has 3 rings (SSSR count). The molecule has 1 atom stereocenters. The maximum atomic E-state index is 9.68. The molecule has 0 saturated heterocycles. The molecule has 20 heavy (non-hydrogen) atoms. The number of benzene rings is 1. The Balaban J connectivity index is 1.86. The van der Waals surface area contributed by atoms with Crippen molar-refractivity contribution in [1.29, 1.82) is 0 Å². The van der Waals surface area contributed by atoms with E-state index in [1.54, 1.807) is 6.92 Å². The first-order valence-corrected chi connectivity index (χ1v) is 7.12. The van der Waals surface area contributed by atoms with Crippen LogP contribution in [-0.4, -0.2) is 16.6 Å². The zero-order valence-electron chi connectivity index (χ0n) is 12.0. The molecule has 2 aromatic rings. The third kappa shape index (κ3) is 2.41. The molecule has 2 heterocycles. The SMILES string of the molecule is Cc1nc(N2CCc3ccccc3C2)ccc1C(C)O. The van der Waals surface area contributed by atoms with Crippen LogP contribution in [0.25, 0.3) is 0 Å². The van der Waals surface area contributed by atoms with Crippen LogP contribution in [0, 0.1) is 6.92 Å². The van der Waals surface area contributed by atoms with E-state index in [2.05, 4.69) is 34.1 Å². The minimum absolute atomic E-state index is 0.460. The second kappa shape index (κ2) is 5.25. The van der Waals surface area contributed by atoms with Crippen LogP contribution in [0.1, 0.15) is 35.4 Å². The zero-order valence-corrected chi connectivity index (χ0v) is 12.0. The lowest BCUT2D eigenvalue weighted by Gasteiger charge is -2.30. The lowest BCUT2D eigenvalue weighted by Crippen LogP contribution is -2.31. The van der Waals surface area contributed by atoms with E-state index < -0.39 is 6.10 Å². The molecular weight excluding hydrogens is 248 g/mol. The fourth-order valence-electron chi connectivity index (χ4n) is 2.87. The van der Waals surface area contributed by atoms with Gasteiger partial charge in [-0.25, -0.2) is 4.98 Å². The van der Waals surface area contributed by atoms with E-state index in [9.17, 15) is 5.11 Å². The number of hydrogen-bond acceptors (Lipinski definition) is 3. The Hall–Kier alpha value is -1.87. The number of hydrogen-bond donors (Lipinski definition) is 1. The van der Waals surface area contributed by atoms with Crippen molar-refractivity contribution in [3.8, 4) is 0 Å². The van der Waals surface area contributed by atoms with Crippen molar-refractivity contribution in [1.82, 2.24) is 4.98 Å². The maximum absolute atomic E-state index is 9.68. The number of aromatic nitrogens is 1. The molecule has 1 aromatic heterocycles. The van der Waals surface area contributed by atoms with Crippen LogP contribution in [0.2, 0.25) is 0 Å². The smallest absolute Gasteiger partial charge is 0.129 e. The predicted octanol–water partition coefficient (Wildman–Crippen LogP) is 3.01.